The van der Waals surface area contributed by atoms with Crippen LogP contribution in [0.1, 0.15) is 0 Å². The predicted octanol–water partition coefficient (Wildman–Crippen LogP) is 2.85. The number of nitrogens with zero attached hydrogens (tertiary/aromatic N) is 1. The van der Waals surface area contributed by atoms with Crippen molar-refractivity contribution in [1.29, 1.82) is 0 Å². The number of urea groups is 1. The summed E-state index contributed by atoms with van der Waals surface area (Å²) in [7, 11) is 2.92. The third-order valence-corrected chi connectivity index (χ3v) is 4.02. The van der Waals surface area contributed by atoms with Crippen molar-refractivity contribution in [3.63, 3.8) is 0 Å². The van der Waals surface area contributed by atoms with Crippen LogP contribution in [-0.2, 0) is 4.74 Å². The fourth-order valence-electron chi connectivity index (χ4n) is 2.56. The minimum atomic E-state index is -0.468. The number of fused-ring (bicyclic) bond motifs is 1. The predicted molar refractivity (Wildman–Crippen MR) is 101 cm³/mol. The number of anilines is 2. The van der Waals surface area contributed by atoms with E-state index in [-0.39, 0.29) is 12.1 Å². The molecule has 0 spiro atoms. The highest BCUT2D eigenvalue weighted by atomic mass is 16.6. The van der Waals surface area contributed by atoms with E-state index in [4.69, 9.17) is 9.47 Å². The summed E-state index contributed by atoms with van der Waals surface area (Å²) < 4.78 is 16.1. The Labute approximate surface area is 157 Å². The summed E-state index contributed by atoms with van der Waals surface area (Å²) >= 11 is 0. The number of nitrogens with one attached hydrogen (secondary N) is 2. The molecular formula is C19H21N3O5. The number of benzene rings is 2. The smallest absolute Gasteiger partial charge is 0.413 e. The van der Waals surface area contributed by atoms with Gasteiger partial charge in [0.1, 0.15) is 6.61 Å². The van der Waals surface area contributed by atoms with Crippen molar-refractivity contribution in [1.82, 2.24) is 5.32 Å². The minimum absolute atomic E-state index is 0.262. The summed E-state index contributed by atoms with van der Waals surface area (Å²) in [6, 6.07) is 13.9. The lowest BCUT2D eigenvalue weighted by Gasteiger charge is -2.26. The van der Waals surface area contributed by atoms with Gasteiger partial charge in [-0.25, -0.2) is 9.59 Å². The molecule has 0 saturated carbocycles. The summed E-state index contributed by atoms with van der Waals surface area (Å²) in [6.45, 7) is 0.676. The van der Waals surface area contributed by atoms with Gasteiger partial charge in [0.2, 0.25) is 0 Å². The van der Waals surface area contributed by atoms with Gasteiger partial charge in [0.05, 0.1) is 13.7 Å². The average molecular weight is 371 g/mol. The largest absolute Gasteiger partial charge is 0.486 e. The lowest BCUT2D eigenvalue weighted by atomic mass is 10.2. The van der Waals surface area contributed by atoms with Gasteiger partial charge in [-0.1, -0.05) is 12.1 Å². The number of carbonyl (C=O) groups excluding carboxylic acids is 2. The van der Waals surface area contributed by atoms with E-state index >= 15 is 0 Å². The quantitative estimate of drug-likeness (QED) is 0.863. The maximum absolute atomic E-state index is 12.1. The number of hydrogen-bond acceptors (Lipinski definition) is 5. The monoisotopic (exact) mass is 371 g/mol. The van der Waals surface area contributed by atoms with Crippen LogP contribution in [0.3, 0.4) is 0 Å². The molecule has 1 aliphatic rings. The lowest BCUT2D eigenvalue weighted by molar-refractivity contribution is 0.0922. The molecule has 1 aliphatic heterocycles. The van der Waals surface area contributed by atoms with Crippen LogP contribution in [-0.4, -0.2) is 45.5 Å². The second-order valence-corrected chi connectivity index (χ2v) is 5.91. The van der Waals surface area contributed by atoms with Gasteiger partial charge in [0.25, 0.3) is 0 Å². The first-order valence-electron chi connectivity index (χ1n) is 8.42. The number of carbonyl (C=O) groups is 2. The van der Waals surface area contributed by atoms with E-state index in [0.29, 0.717) is 36.0 Å². The van der Waals surface area contributed by atoms with E-state index in [9.17, 15) is 9.59 Å². The Kier molecular flexibility index (Phi) is 5.65. The molecule has 0 fully saturated rings. The Morgan fingerprint density at radius 3 is 2.56 bits per heavy atom. The van der Waals surface area contributed by atoms with Gasteiger partial charge in [0, 0.05) is 18.4 Å². The fourth-order valence-corrected chi connectivity index (χ4v) is 2.56. The first-order valence-corrected chi connectivity index (χ1v) is 8.42. The Balaban J connectivity index is 1.48. The van der Waals surface area contributed by atoms with E-state index in [2.05, 4.69) is 15.4 Å². The Bertz CT molecular complexity index is 809. The number of para-hydroxylation sites is 2. The first-order chi connectivity index (χ1) is 13.1. The highest BCUT2D eigenvalue weighted by Gasteiger charge is 2.21. The Morgan fingerprint density at radius 1 is 1.15 bits per heavy atom. The zero-order chi connectivity index (χ0) is 19.2. The van der Waals surface area contributed by atoms with Crippen LogP contribution in [0.15, 0.2) is 48.5 Å². The summed E-state index contributed by atoms with van der Waals surface area (Å²) in [6.07, 6.45) is -0.730. The van der Waals surface area contributed by atoms with E-state index in [1.807, 2.05) is 24.3 Å². The molecular weight excluding hydrogens is 350 g/mol. The Hall–Kier alpha value is -3.42. The van der Waals surface area contributed by atoms with Crippen molar-refractivity contribution in [2.24, 2.45) is 0 Å². The van der Waals surface area contributed by atoms with Gasteiger partial charge in [-0.15, -0.1) is 0 Å². The molecule has 8 heteroatoms. The molecule has 2 aromatic carbocycles. The minimum Gasteiger partial charge on any atom is -0.486 e. The van der Waals surface area contributed by atoms with Gasteiger partial charge in [-0.05, 0) is 36.4 Å². The molecule has 3 amide bonds. The van der Waals surface area contributed by atoms with Crippen LogP contribution in [0.2, 0.25) is 0 Å². The van der Waals surface area contributed by atoms with Crippen molar-refractivity contribution in [2.45, 2.75) is 6.10 Å². The van der Waals surface area contributed by atoms with Crippen LogP contribution in [0.4, 0.5) is 21.0 Å². The number of methoxy groups -OCH3 is 1. The van der Waals surface area contributed by atoms with Crippen molar-refractivity contribution >= 4 is 23.5 Å². The normalized spacial score (nSPS) is 14.8. The van der Waals surface area contributed by atoms with Crippen LogP contribution >= 0.6 is 0 Å². The van der Waals surface area contributed by atoms with Crippen molar-refractivity contribution in [2.75, 3.05) is 37.5 Å². The van der Waals surface area contributed by atoms with Gasteiger partial charge in [-0.2, -0.15) is 0 Å². The van der Waals surface area contributed by atoms with E-state index < -0.39 is 6.09 Å². The van der Waals surface area contributed by atoms with Crippen molar-refractivity contribution in [3.8, 4) is 11.5 Å². The fraction of sp³-hybridized carbons (Fsp3) is 0.263. The summed E-state index contributed by atoms with van der Waals surface area (Å²) in [5, 5.41) is 5.49. The van der Waals surface area contributed by atoms with E-state index in [0.717, 1.165) is 0 Å². The molecule has 3 rings (SSSR count). The van der Waals surface area contributed by atoms with Crippen LogP contribution in [0.25, 0.3) is 0 Å². The Morgan fingerprint density at radius 2 is 1.85 bits per heavy atom. The average Bonchev–Trinajstić information content (AvgIpc) is 2.71. The molecule has 0 radical (unpaired) electrons. The summed E-state index contributed by atoms with van der Waals surface area (Å²) in [5.41, 5.74) is 1.25. The number of rotatable bonds is 4. The third-order valence-electron chi connectivity index (χ3n) is 4.02. The second-order valence-electron chi connectivity index (χ2n) is 5.91. The maximum atomic E-state index is 12.1. The molecule has 0 saturated heterocycles. The molecule has 0 aliphatic carbocycles. The molecule has 1 atom stereocenters. The summed E-state index contributed by atoms with van der Waals surface area (Å²) in [5.74, 6) is 1.37. The van der Waals surface area contributed by atoms with Gasteiger partial charge in [-0.3, -0.25) is 4.90 Å². The lowest BCUT2D eigenvalue weighted by Crippen LogP contribution is -2.42. The third kappa shape index (κ3) is 4.60. The zero-order valence-corrected chi connectivity index (χ0v) is 15.1. The van der Waals surface area contributed by atoms with Crippen molar-refractivity contribution < 1.29 is 23.8 Å². The molecule has 0 unspecified atom stereocenters. The van der Waals surface area contributed by atoms with Crippen LogP contribution in [0.5, 0.6) is 11.5 Å². The van der Waals surface area contributed by atoms with Crippen LogP contribution in [0, 0.1) is 0 Å². The van der Waals surface area contributed by atoms with E-state index in [1.54, 1.807) is 31.3 Å². The number of hydrogen-bond donors (Lipinski definition) is 2. The molecule has 1 heterocycles. The SMILES string of the molecule is COC(=O)N(C)c1ccc(NC(=O)NC[C@@H]2COc3ccccc3O2)cc1. The van der Waals surface area contributed by atoms with Crippen molar-refractivity contribution in [3.05, 3.63) is 48.5 Å². The van der Waals surface area contributed by atoms with E-state index in [1.165, 1.54) is 12.0 Å². The highest BCUT2D eigenvalue weighted by molar-refractivity contribution is 5.90. The summed E-state index contributed by atoms with van der Waals surface area (Å²) in [4.78, 5) is 24.9. The first kappa shape index (κ1) is 18.4. The molecule has 0 aromatic heterocycles. The van der Waals surface area contributed by atoms with Gasteiger partial charge >= 0.3 is 12.1 Å². The molecule has 0 bridgehead atoms. The standard InChI is InChI=1S/C19H21N3O5/c1-22(19(24)25-2)14-9-7-13(8-10-14)21-18(23)20-11-15-12-26-16-5-3-4-6-17(16)27-15/h3-10,15H,11-12H2,1-2H3,(H2,20,21,23)/t15-/m1/s1. The molecule has 8 nitrogen and oxygen atoms in total. The number of amides is 3. The maximum Gasteiger partial charge on any atom is 0.413 e. The zero-order valence-electron chi connectivity index (χ0n) is 15.1. The van der Waals surface area contributed by atoms with Gasteiger partial charge in [0.15, 0.2) is 17.6 Å². The van der Waals surface area contributed by atoms with Gasteiger partial charge < -0.3 is 24.8 Å². The highest BCUT2D eigenvalue weighted by Crippen LogP contribution is 2.30. The van der Waals surface area contributed by atoms with Crippen LogP contribution < -0.4 is 25.0 Å². The second kappa shape index (κ2) is 8.31. The molecule has 2 N–H and O–H groups in total. The molecule has 2 aromatic rings. The number of ether oxygens (including phenoxy) is 3. The molecule has 142 valence electrons. The topological polar surface area (TPSA) is 89.1 Å². The molecule has 27 heavy (non-hydrogen) atoms.